The first-order valence-corrected chi connectivity index (χ1v) is 7.27. The molecule has 1 unspecified atom stereocenters. The smallest absolute Gasteiger partial charge is 0.166 e. The molecule has 2 aliphatic rings. The first-order valence-electron chi connectivity index (χ1n) is 6.86. The highest BCUT2D eigenvalue weighted by Gasteiger charge is 2.29. The van der Waals surface area contributed by atoms with Crippen LogP contribution in [-0.2, 0) is 4.74 Å². The predicted octanol–water partition coefficient (Wildman–Crippen LogP) is 2.35. The van der Waals surface area contributed by atoms with Crippen LogP contribution in [0.15, 0.2) is 0 Å². The van der Waals surface area contributed by atoms with Crippen LogP contribution in [0.2, 0.25) is 0 Å². The molecule has 98 valence electrons. The first-order chi connectivity index (χ1) is 8.18. The highest BCUT2D eigenvalue weighted by Crippen LogP contribution is 2.23. The lowest BCUT2D eigenvalue weighted by atomic mass is 9.96. The molecule has 0 aromatic heterocycles. The molecular weight excluding hydrogens is 232 g/mol. The minimum absolute atomic E-state index is 0.0156. The number of rotatable bonds is 3. The zero-order valence-corrected chi connectivity index (χ0v) is 11.6. The molecular formula is C13H24N2OS. The molecule has 0 aromatic carbocycles. The minimum Gasteiger partial charge on any atom is -0.373 e. The fraction of sp³-hybridized carbons (Fsp3) is 0.923. The van der Waals surface area contributed by atoms with Gasteiger partial charge in [0, 0.05) is 19.2 Å². The van der Waals surface area contributed by atoms with Crippen molar-refractivity contribution < 1.29 is 4.74 Å². The standard InChI is InChI=1S/C13H24N2OS/c1-13(8-5-9-16-13)10-14-12(17)15-11-6-3-2-4-7-11/h11H,2-10H2,1H3,(H2,14,15,17). The summed E-state index contributed by atoms with van der Waals surface area (Å²) in [4.78, 5) is 0. The van der Waals surface area contributed by atoms with Crippen LogP contribution in [0, 0.1) is 0 Å². The molecule has 2 rings (SSSR count). The quantitative estimate of drug-likeness (QED) is 0.760. The summed E-state index contributed by atoms with van der Waals surface area (Å²) in [6.45, 7) is 3.88. The highest BCUT2D eigenvalue weighted by atomic mass is 32.1. The second-order valence-electron chi connectivity index (χ2n) is 5.56. The molecule has 1 aliphatic carbocycles. The average Bonchev–Trinajstić information content (AvgIpc) is 2.76. The van der Waals surface area contributed by atoms with Crippen LogP contribution in [-0.4, -0.2) is 29.9 Å². The Morgan fingerprint density at radius 2 is 2.06 bits per heavy atom. The van der Waals surface area contributed by atoms with Gasteiger partial charge in [-0.15, -0.1) is 0 Å². The van der Waals surface area contributed by atoms with Crippen molar-refractivity contribution in [2.75, 3.05) is 13.2 Å². The van der Waals surface area contributed by atoms with Gasteiger partial charge in [-0.1, -0.05) is 19.3 Å². The molecule has 0 radical (unpaired) electrons. The van der Waals surface area contributed by atoms with E-state index in [0.717, 1.165) is 24.7 Å². The van der Waals surface area contributed by atoms with E-state index in [1.54, 1.807) is 0 Å². The Balaban J connectivity index is 1.66. The second kappa shape index (κ2) is 6.01. The molecule has 1 atom stereocenters. The van der Waals surface area contributed by atoms with Gasteiger partial charge in [-0.25, -0.2) is 0 Å². The van der Waals surface area contributed by atoms with E-state index >= 15 is 0 Å². The van der Waals surface area contributed by atoms with Crippen molar-refractivity contribution in [3.8, 4) is 0 Å². The van der Waals surface area contributed by atoms with Crippen LogP contribution in [0.4, 0.5) is 0 Å². The average molecular weight is 256 g/mol. The van der Waals surface area contributed by atoms with Crippen LogP contribution in [0.5, 0.6) is 0 Å². The van der Waals surface area contributed by atoms with Gasteiger partial charge >= 0.3 is 0 Å². The normalized spacial score (nSPS) is 30.2. The molecule has 17 heavy (non-hydrogen) atoms. The minimum atomic E-state index is -0.0156. The zero-order valence-electron chi connectivity index (χ0n) is 10.8. The van der Waals surface area contributed by atoms with E-state index in [2.05, 4.69) is 17.6 Å². The summed E-state index contributed by atoms with van der Waals surface area (Å²) < 4.78 is 5.73. The Labute approximate surface area is 110 Å². The lowest BCUT2D eigenvalue weighted by Gasteiger charge is -2.27. The number of ether oxygens (including phenoxy) is 1. The number of nitrogens with one attached hydrogen (secondary N) is 2. The number of hydrogen-bond acceptors (Lipinski definition) is 2. The Kier molecular flexibility index (Phi) is 4.62. The van der Waals surface area contributed by atoms with Crippen molar-refractivity contribution in [2.24, 2.45) is 0 Å². The number of hydrogen-bond donors (Lipinski definition) is 2. The van der Waals surface area contributed by atoms with Gasteiger partial charge in [0.1, 0.15) is 0 Å². The lowest BCUT2D eigenvalue weighted by Crippen LogP contribution is -2.47. The molecule has 1 heterocycles. The third-order valence-electron chi connectivity index (χ3n) is 3.86. The highest BCUT2D eigenvalue weighted by molar-refractivity contribution is 7.80. The van der Waals surface area contributed by atoms with Gasteiger partial charge < -0.3 is 15.4 Å². The van der Waals surface area contributed by atoms with Gasteiger partial charge in [0.2, 0.25) is 0 Å². The summed E-state index contributed by atoms with van der Waals surface area (Å²) in [7, 11) is 0. The summed E-state index contributed by atoms with van der Waals surface area (Å²) in [5, 5.41) is 7.53. The lowest BCUT2D eigenvalue weighted by molar-refractivity contribution is 0.0244. The SMILES string of the molecule is CC1(CNC(=S)NC2CCCCC2)CCCO1. The summed E-state index contributed by atoms with van der Waals surface area (Å²) in [6.07, 6.45) is 8.87. The van der Waals surface area contributed by atoms with E-state index in [-0.39, 0.29) is 5.60 Å². The van der Waals surface area contributed by atoms with Crippen molar-refractivity contribution in [1.82, 2.24) is 10.6 Å². The molecule has 0 aromatic rings. The van der Waals surface area contributed by atoms with E-state index in [1.165, 1.54) is 38.5 Å². The van der Waals surface area contributed by atoms with E-state index in [0.29, 0.717) is 6.04 Å². The molecule has 3 nitrogen and oxygen atoms in total. The van der Waals surface area contributed by atoms with Gasteiger partial charge in [0.25, 0.3) is 0 Å². The van der Waals surface area contributed by atoms with Gasteiger partial charge in [-0.2, -0.15) is 0 Å². The van der Waals surface area contributed by atoms with Crippen LogP contribution >= 0.6 is 12.2 Å². The van der Waals surface area contributed by atoms with Crippen LogP contribution in [0.3, 0.4) is 0 Å². The molecule has 4 heteroatoms. The largest absolute Gasteiger partial charge is 0.373 e. The molecule has 0 spiro atoms. The van der Waals surface area contributed by atoms with Gasteiger partial charge in [-0.05, 0) is 44.8 Å². The summed E-state index contributed by atoms with van der Waals surface area (Å²) >= 11 is 5.34. The Bertz CT molecular complexity index is 258. The zero-order chi connectivity index (χ0) is 12.1. The monoisotopic (exact) mass is 256 g/mol. The molecule has 1 saturated heterocycles. The van der Waals surface area contributed by atoms with Crippen molar-refractivity contribution in [2.45, 2.75) is 63.5 Å². The molecule has 1 aliphatic heterocycles. The maximum atomic E-state index is 5.73. The fourth-order valence-electron chi connectivity index (χ4n) is 2.73. The van der Waals surface area contributed by atoms with Crippen molar-refractivity contribution >= 4 is 17.3 Å². The van der Waals surface area contributed by atoms with Gasteiger partial charge in [0.05, 0.1) is 5.60 Å². The molecule has 0 amide bonds. The molecule has 2 fully saturated rings. The van der Waals surface area contributed by atoms with E-state index in [1.807, 2.05) is 0 Å². The summed E-state index contributed by atoms with van der Waals surface area (Å²) in [6, 6.07) is 0.584. The van der Waals surface area contributed by atoms with Crippen molar-refractivity contribution in [3.05, 3.63) is 0 Å². The maximum absolute atomic E-state index is 5.73. The van der Waals surface area contributed by atoms with Crippen molar-refractivity contribution in [3.63, 3.8) is 0 Å². The molecule has 1 saturated carbocycles. The second-order valence-corrected chi connectivity index (χ2v) is 5.97. The van der Waals surface area contributed by atoms with Gasteiger partial charge in [-0.3, -0.25) is 0 Å². The third kappa shape index (κ3) is 4.11. The van der Waals surface area contributed by atoms with E-state index < -0.39 is 0 Å². The van der Waals surface area contributed by atoms with E-state index in [4.69, 9.17) is 17.0 Å². The van der Waals surface area contributed by atoms with Crippen LogP contribution in [0.1, 0.15) is 51.9 Å². The molecule has 2 N–H and O–H groups in total. The Morgan fingerprint density at radius 3 is 2.71 bits per heavy atom. The fourth-order valence-corrected chi connectivity index (χ4v) is 2.97. The predicted molar refractivity (Wildman–Crippen MR) is 74.2 cm³/mol. The van der Waals surface area contributed by atoms with Crippen molar-refractivity contribution in [1.29, 1.82) is 0 Å². The van der Waals surface area contributed by atoms with Crippen LogP contribution < -0.4 is 10.6 Å². The summed E-state index contributed by atoms with van der Waals surface area (Å²) in [5.41, 5.74) is -0.0156. The maximum Gasteiger partial charge on any atom is 0.166 e. The first kappa shape index (κ1) is 13.1. The van der Waals surface area contributed by atoms with E-state index in [9.17, 15) is 0 Å². The Hall–Kier alpha value is -0.350. The molecule has 0 bridgehead atoms. The topological polar surface area (TPSA) is 33.3 Å². The van der Waals surface area contributed by atoms with Crippen LogP contribution in [0.25, 0.3) is 0 Å². The van der Waals surface area contributed by atoms with Gasteiger partial charge in [0.15, 0.2) is 5.11 Å². The third-order valence-corrected chi connectivity index (χ3v) is 4.13. The number of thiocarbonyl (C=S) groups is 1. The Morgan fingerprint density at radius 1 is 1.29 bits per heavy atom. The summed E-state index contributed by atoms with van der Waals surface area (Å²) in [5.74, 6) is 0.